The number of ketones is 1. The number of pyridine rings is 2. The smallest absolute Gasteiger partial charge is 0.228 e. The predicted molar refractivity (Wildman–Crippen MR) is 121 cm³/mol. The highest BCUT2D eigenvalue weighted by Crippen LogP contribution is 2.54. The first kappa shape index (κ1) is 19.2. The van der Waals surface area contributed by atoms with E-state index < -0.39 is 0 Å². The van der Waals surface area contributed by atoms with E-state index in [1.165, 1.54) is 6.42 Å². The summed E-state index contributed by atoms with van der Waals surface area (Å²) in [5, 5.41) is 5.41. The molecule has 0 bridgehead atoms. The Bertz CT molecular complexity index is 1180. The van der Waals surface area contributed by atoms with Crippen LogP contribution in [0.25, 0.3) is 10.8 Å². The zero-order valence-electron chi connectivity index (χ0n) is 16.7. The summed E-state index contributed by atoms with van der Waals surface area (Å²) in [6.07, 6.45) is 8.78. The second-order valence-electron chi connectivity index (χ2n) is 8.08. The van der Waals surface area contributed by atoms with Gasteiger partial charge in [-0.05, 0) is 65.3 Å². The van der Waals surface area contributed by atoms with Gasteiger partial charge in [-0.25, -0.2) is 4.98 Å². The number of hydrogen-bond donors (Lipinski definition) is 1. The van der Waals surface area contributed by atoms with Gasteiger partial charge in [0.15, 0.2) is 5.78 Å². The molecule has 1 spiro atoms. The molecule has 2 aliphatic rings. The third-order valence-corrected chi connectivity index (χ3v) is 6.84. The van der Waals surface area contributed by atoms with Crippen molar-refractivity contribution in [1.82, 2.24) is 9.97 Å². The normalized spacial score (nSPS) is 17.9. The molecule has 6 heteroatoms. The van der Waals surface area contributed by atoms with Gasteiger partial charge in [0.05, 0.1) is 15.3 Å². The van der Waals surface area contributed by atoms with Gasteiger partial charge in [-0.3, -0.25) is 9.78 Å². The van der Waals surface area contributed by atoms with Crippen molar-refractivity contribution in [2.45, 2.75) is 39.0 Å². The van der Waals surface area contributed by atoms with Crippen molar-refractivity contribution in [2.24, 2.45) is 5.41 Å². The number of benzene rings is 1. The molecule has 152 valence electrons. The Morgan fingerprint density at radius 1 is 1.13 bits per heavy atom. The lowest BCUT2D eigenvalue weighted by Crippen LogP contribution is -2.46. The van der Waals surface area contributed by atoms with Gasteiger partial charge in [0.1, 0.15) is 5.75 Å². The molecule has 1 N–H and O–H groups in total. The van der Waals surface area contributed by atoms with E-state index >= 15 is 0 Å². The summed E-state index contributed by atoms with van der Waals surface area (Å²) >= 11 is 3.49. The second kappa shape index (κ2) is 7.51. The van der Waals surface area contributed by atoms with Crippen molar-refractivity contribution in [2.75, 3.05) is 5.32 Å². The van der Waals surface area contributed by atoms with Gasteiger partial charge < -0.3 is 10.1 Å². The van der Waals surface area contributed by atoms with E-state index in [2.05, 4.69) is 31.2 Å². The van der Waals surface area contributed by atoms with Gasteiger partial charge >= 0.3 is 0 Å². The Morgan fingerprint density at radius 3 is 2.80 bits per heavy atom. The first-order chi connectivity index (χ1) is 14.6. The molecular weight excluding hydrogens is 442 g/mol. The largest absolute Gasteiger partial charge is 0.438 e. The number of carbonyl (C=O) groups excluding carboxylic acids is 1. The standard InChI is InChI=1S/C24H22BrN3O2/c1-15-12-16-8-11-26-14-19(16)23(27-15)30-18-7-5-6-17(13-18)28-21-20(25)22(29)24(21)9-3-2-4-10-24/h5-8,11-14,28H,2-4,9-10H2,1H3. The minimum absolute atomic E-state index is 0.236. The highest BCUT2D eigenvalue weighted by molar-refractivity contribution is 9.12. The average Bonchev–Trinajstić information content (AvgIpc) is 2.77. The summed E-state index contributed by atoms with van der Waals surface area (Å²) in [5.41, 5.74) is 2.45. The molecule has 5 nitrogen and oxygen atoms in total. The van der Waals surface area contributed by atoms with Crippen molar-refractivity contribution in [1.29, 1.82) is 0 Å². The molecule has 1 aromatic carbocycles. The Morgan fingerprint density at radius 2 is 1.97 bits per heavy atom. The van der Waals surface area contributed by atoms with Crippen LogP contribution in [0.15, 0.2) is 59.0 Å². The van der Waals surface area contributed by atoms with Gasteiger partial charge in [0.2, 0.25) is 5.88 Å². The second-order valence-corrected chi connectivity index (χ2v) is 8.87. The van der Waals surface area contributed by atoms with E-state index in [-0.39, 0.29) is 11.2 Å². The molecule has 2 heterocycles. The molecule has 1 saturated carbocycles. The van der Waals surface area contributed by atoms with Crippen LogP contribution in [0.1, 0.15) is 37.8 Å². The van der Waals surface area contributed by atoms with Crippen LogP contribution in [0.5, 0.6) is 11.6 Å². The molecule has 5 rings (SSSR count). The first-order valence-corrected chi connectivity index (χ1v) is 11.1. The van der Waals surface area contributed by atoms with Crippen LogP contribution >= 0.6 is 15.9 Å². The molecule has 0 atom stereocenters. The number of rotatable bonds is 4. The van der Waals surface area contributed by atoms with Crippen molar-refractivity contribution >= 4 is 38.2 Å². The van der Waals surface area contributed by atoms with Crippen LogP contribution in [0, 0.1) is 12.3 Å². The minimum atomic E-state index is -0.339. The third kappa shape index (κ3) is 3.19. The van der Waals surface area contributed by atoms with E-state index in [1.807, 2.05) is 43.3 Å². The highest BCUT2D eigenvalue weighted by Gasteiger charge is 2.53. The number of halogens is 1. The predicted octanol–water partition coefficient (Wildman–Crippen LogP) is 6.28. The third-order valence-electron chi connectivity index (χ3n) is 6.08. The molecule has 0 radical (unpaired) electrons. The van der Waals surface area contributed by atoms with Crippen molar-refractivity contribution in [3.8, 4) is 11.6 Å². The molecule has 2 aliphatic carbocycles. The number of aryl methyl sites for hydroxylation is 1. The molecule has 3 aromatic rings. The zero-order valence-corrected chi connectivity index (χ0v) is 18.3. The van der Waals surface area contributed by atoms with Crippen LogP contribution in [0.4, 0.5) is 5.69 Å². The van der Waals surface area contributed by atoms with Gasteiger partial charge in [0.25, 0.3) is 0 Å². The van der Waals surface area contributed by atoms with Crippen LogP contribution in [-0.2, 0) is 4.79 Å². The number of allylic oxidation sites excluding steroid dienone is 2. The Labute approximate surface area is 183 Å². The van der Waals surface area contributed by atoms with Gasteiger partial charge in [-0.15, -0.1) is 0 Å². The number of aromatic nitrogens is 2. The van der Waals surface area contributed by atoms with Crippen molar-refractivity contribution in [3.63, 3.8) is 0 Å². The lowest BCUT2D eigenvalue weighted by atomic mass is 9.62. The molecule has 0 saturated heterocycles. The Balaban J connectivity index is 1.43. The van der Waals surface area contributed by atoms with E-state index in [1.54, 1.807) is 12.4 Å². The number of anilines is 1. The Hall–Kier alpha value is -2.73. The fraction of sp³-hybridized carbons (Fsp3) is 0.292. The minimum Gasteiger partial charge on any atom is -0.438 e. The van der Waals surface area contributed by atoms with Crippen LogP contribution in [0.2, 0.25) is 0 Å². The lowest BCUT2D eigenvalue weighted by molar-refractivity contribution is -0.126. The molecule has 0 unspecified atom stereocenters. The fourth-order valence-electron chi connectivity index (χ4n) is 4.55. The van der Waals surface area contributed by atoms with Crippen LogP contribution in [-0.4, -0.2) is 15.8 Å². The number of nitrogens with zero attached hydrogens (tertiary/aromatic N) is 2. The Kier molecular flexibility index (Phi) is 4.82. The van der Waals surface area contributed by atoms with E-state index in [0.717, 1.165) is 53.5 Å². The van der Waals surface area contributed by atoms with Gasteiger partial charge in [-0.1, -0.05) is 25.3 Å². The zero-order chi connectivity index (χ0) is 20.7. The van der Waals surface area contributed by atoms with E-state index in [4.69, 9.17) is 4.74 Å². The number of fused-ring (bicyclic) bond motifs is 1. The number of ether oxygens (including phenoxy) is 1. The lowest BCUT2D eigenvalue weighted by Gasteiger charge is -2.45. The first-order valence-electron chi connectivity index (χ1n) is 10.3. The summed E-state index contributed by atoms with van der Waals surface area (Å²) in [6.45, 7) is 1.95. The summed E-state index contributed by atoms with van der Waals surface area (Å²) in [4.78, 5) is 21.4. The van der Waals surface area contributed by atoms with Gasteiger partial charge in [0, 0.05) is 35.5 Å². The molecule has 2 aromatic heterocycles. The summed E-state index contributed by atoms with van der Waals surface area (Å²) in [6, 6.07) is 11.8. The number of carbonyl (C=O) groups is 1. The van der Waals surface area contributed by atoms with Crippen LogP contribution in [0.3, 0.4) is 0 Å². The molecule has 30 heavy (non-hydrogen) atoms. The summed E-state index contributed by atoms with van der Waals surface area (Å²) < 4.78 is 6.82. The average molecular weight is 464 g/mol. The topological polar surface area (TPSA) is 64.1 Å². The molecule has 1 fully saturated rings. The van der Waals surface area contributed by atoms with Crippen molar-refractivity contribution < 1.29 is 9.53 Å². The number of hydrogen-bond acceptors (Lipinski definition) is 5. The fourth-order valence-corrected chi connectivity index (χ4v) is 5.41. The maximum absolute atomic E-state index is 12.6. The summed E-state index contributed by atoms with van der Waals surface area (Å²) in [5.74, 6) is 1.46. The maximum Gasteiger partial charge on any atom is 0.228 e. The van der Waals surface area contributed by atoms with Crippen molar-refractivity contribution in [3.05, 3.63) is 64.7 Å². The van der Waals surface area contributed by atoms with Crippen LogP contribution < -0.4 is 10.1 Å². The highest BCUT2D eigenvalue weighted by atomic mass is 79.9. The number of Topliss-reactive ketones (excluding diaryl/α,β-unsaturated/α-hetero) is 1. The summed E-state index contributed by atoms with van der Waals surface area (Å²) in [7, 11) is 0. The SMILES string of the molecule is Cc1cc2ccncc2c(Oc2cccc(NC3=C(Br)C(=O)C34CCCCC4)c2)n1. The van der Waals surface area contributed by atoms with Gasteiger partial charge in [-0.2, -0.15) is 0 Å². The van der Waals surface area contributed by atoms with E-state index in [9.17, 15) is 4.79 Å². The molecule has 0 aliphatic heterocycles. The quantitative estimate of drug-likeness (QED) is 0.492. The number of nitrogens with one attached hydrogen (secondary N) is 1. The molecular formula is C24H22BrN3O2. The molecule has 0 amide bonds. The maximum atomic E-state index is 12.6. The van der Waals surface area contributed by atoms with E-state index in [0.29, 0.717) is 16.1 Å². The monoisotopic (exact) mass is 463 g/mol.